The molecular weight excluding hydrogens is 471 g/mol. The standard InChI is InChI=1S/C25H37N2O.HI/c1-21(2)25(28,23-13-9-6-10-14-23)24(19-22-11-7-5-8-12-22)20-26-15-17-27(3,4)18-16-26;/h5-14,21,24,28H,15-20H2,1-4H3;1H/q+1;/p-1. The van der Waals surface area contributed by atoms with Gasteiger partial charge in [0.05, 0.1) is 32.8 Å². The maximum absolute atomic E-state index is 12.1. The van der Waals surface area contributed by atoms with Crippen molar-refractivity contribution in [1.82, 2.24) is 4.90 Å². The van der Waals surface area contributed by atoms with E-state index in [0.717, 1.165) is 36.1 Å². The van der Waals surface area contributed by atoms with Gasteiger partial charge in [-0.25, -0.2) is 0 Å². The molecule has 1 fully saturated rings. The van der Waals surface area contributed by atoms with Gasteiger partial charge < -0.3 is 33.6 Å². The summed E-state index contributed by atoms with van der Waals surface area (Å²) in [7, 11) is 4.63. The molecule has 0 amide bonds. The first-order valence-electron chi connectivity index (χ1n) is 10.7. The van der Waals surface area contributed by atoms with Crippen LogP contribution in [-0.4, -0.2) is 61.3 Å². The van der Waals surface area contributed by atoms with Crippen molar-refractivity contribution in [1.29, 1.82) is 0 Å². The first-order chi connectivity index (χ1) is 13.3. The van der Waals surface area contributed by atoms with Crippen molar-refractivity contribution in [2.45, 2.75) is 25.9 Å². The minimum atomic E-state index is -0.848. The topological polar surface area (TPSA) is 23.5 Å². The zero-order valence-electron chi connectivity index (χ0n) is 18.4. The number of quaternary nitrogens is 1. The first kappa shape index (κ1) is 24.3. The van der Waals surface area contributed by atoms with Crippen molar-refractivity contribution < 1.29 is 33.6 Å². The highest BCUT2D eigenvalue weighted by atomic mass is 127. The van der Waals surface area contributed by atoms with E-state index < -0.39 is 5.60 Å². The molecule has 2 unspecified atom stereocenters. The number of aliphatic hydroxyl groups is 1. The molecular formula is C25H37IN2O. The lowest BCUT2D eigenvalue weighted by atomic mass is 9.71. The molecule has 1 heterocycles. The second-order valence-electron chi connectivity index (χ2n) is 9.42. The summed E-state index contributed by atoms with van der Waals surface area (Å²) in [5.41, 5.74) is 1.49. The van der Waals surface area contributed by atoms with E-state index in [4.69, 9.17) is 0 Å². The number of likely N-dealkylation sites (N-methyl/N-ethyl adjacent to an activating group) is 1. The van der Waals surface area contributed by atoms with E-state index >= 15 is 0 Å². The predicted molar refractivity (Wildman–Crippen MR) is 117 cm³/mol. The van der Waals surface area contributed by atoms with Gasteiger partial charge in [0.25, 0.3) is 0 Å². The first-order valence-corrected chi connectivity index (χ1v) is 10.7. The molecule has 0 spiro atoms. The Labute approximate surface area is 194 Å². The minimum Gasteiger partial charge on any atom is -1.00 e. The highest BCUT2D eigenvalue weighted by molar-refractivity contribution is 5.26. The highest BCUT2D eigenvalue weighted by Crippen LogP contribution is 2.39. The molecule has 1 N–H and O–H groups in total. The summed E-state index contributed by atoms with van der Waals surface area (Å²) in [5, 5.41) is 12.1. The minimum absolute atomic E-state index is 0. The number of halogens is 1. The van der Waals surface area contributed by atoms with Gasteiger partial charge in [-0.2, -0.15) is 0 Å². The maximum atomic E-state index is 12.1. The van der Waals surface area contributed by atoms with Crippen LogP contribution in [0, 0.1) is 11.8 Å². The Morgan fingerprint density at radius 2 is 1.45 bits per heavy atom. The van der Waals surface area contributed by atoms with Gasteiger partial charge in [-0.1, -0.05) is 74.5 Å². The van der Waals surface area contributed by atoms with Crippen LogP contribution in [0.1, 0.15) is 25.0 Å². The van der Waals surface area contributed by atoms with Crippen LogP contribution in [0.25, 0.3) is 0 Å². The Morgan fingerprint density at radius 3 is 1.97 bits per heavy atom. The van der Waals surface area contributed by atoms with Gasteiger partial charge in [0.15, 0.2) is 0 Å². The fraction of sp³-hybridized carbons (Fsp3) is 0.520. The molecule has 29 heavy (non-hydrogen) atoms. The lowest BCUT2D eigenvalue weighted by Gasteiger charge is -2.45. The molecule has 0 aliphatic carbocycles. The Balaban J connectivity index is 0.00000300. The Hall–Kier alpha value is -0.950. The number of rotatable bonds is 7. The fourth-order valence-corrected chi connectivity index (χ4v) is 4.55. The van der Waals surface area contributed by atoms with Gasteiger partial charge in [0, 0.05) is 25.6 Å². The third-order valence-electron chi connectivity index (χ3n) is 6.59. The van der Waals surface area contributed by atoms with Crippen LogP contribution < -0.4 is 24.0 Å². The van der Waals surface area contributed by atoms with Crippen molar-refractivity contribution in [3.05, 3.63) is 71.8 Å². The van der Waals surface area contributed by atoms with Crippen molar-refractivity contribution in [3.63, 3.8) is 0 Å². The van der Waals surface area contributed by atoms with Gasteiger partial charge >= 0.3 is 0 Å². The summed E-state index contributed by atoms with van der Waals surface area (Å²) in [6.45, 7) is 9.77. The van der Waals surface area contributed by atoms with Gasteiger partial charge in [-0.15, -0.1) is 0 Å². The highest BCUT2D eigenvalue weighted by Gasteiger charge is 2.42. The van der Waals surface area contributed by atoms with Gasteiger partial charge in [0.1, 0.15) is 0 Å². The average Bonchev–Trinajstić information content (AvgIpc) is 2.69. The van der Waals surface area contributed by atoms with Crippen molar-refractivity contribution >= 4 is 0 Å². The molecule has 0 aromatic heterocycles. The molecule has 3 rings (SSSR count). The van der Waals surface area contributed by atoms with Crippen LogP contribution in [0.15, 0.2) is 60.7 Å². The zero-order chi connectivity index (χ0) is 20.2. The van der Waals surface area contributed by atoms with Gasteiger partial charge in [0.2, 0.25) is 0 Å². The molecule has 4 heteroatoms. The summed E-state index contributed by atoms with van der Waals surface area (Å²) in [4.78, 5) is 2.56. The van der Waals surface area contributed by atoms with Crippen molar-refractivity contribution in [3.8, 4) is 0 Å². The Morgan fingerprint density at radius 1 is 0.931 bits per heavy atom. The van der Waals surface area contributed by atoms with Crippen LogP contribution in [0.5, 0.6) is 0 Å². The third-order valence-corrected chi connectivity index (χ3v) is 6.59. The summed E-state index contributed by atoms with van der Waals surface area (Å²) in [6, 6.07) is 20.9. The predicted octanol–water partition coefficient (Wildman–Crippen LogP) is 0.785. The Kier molecular flexibility index (Phi) is 8.71. The van der Waals surface area contributed by atoms with Crippen molar-refractivity contribution in [2.75, 3.05) is 46.8 Å². The van der Waals surface area contributed by atoms with Crippen LogP contribution in [0.2, 0.25) is 0 Å². The molecule has 0 bridgehead atoms. The molecule has 2 atom stereocenters. The summed E-state index contributed by atoms with van der Waals surface area (Å²) in [5.74, 6) is 0.284. The quantitative estimate of drug-likeness (QED) is 0.442. The molecule has 2 aromatic carbocycles. The molecule has 1 aliphatic rings. The number of hydrogen-bond acceptors (Lipinski definition) is 2. The van der Waals surface area contributed by atoms with Crippen molar-refractivity contribution in [2.24, 2.45) is 11.8 Å². The number of nitrogens with zero attached hydrogens (tertiary/aromatic N) is 2. The van der Waals surface area contributed by atoms with E-state index in [2.05, 4.69) is 75.3 Å². The summed E-state index contributed by atoms with van der Waals surface area (Å²) in [6.07, 6.45) is 0.888. The second kappa shape index (κ2) is 10.4. The zero-order valence-corrected chi connectivity index (χ0v) is 20.5. The monoisotopic (exact) mass is 508 g/mol. The lowest BCUT2D eigenvalue weighted by Crippen LogP contribution is -3.00. The SMILES string of the molecule is CC(C)C(O)(c1ccccc1)C(Cc1ccccc1)CN1CC[N+](C)(C)CC1.[I-]. The fourth-order valence-electron chi connectivity index (χ4n) is 4.55. The summed E-state index contributed by atoms with van der Waals surface area (Å²) < 4.78 is 1.09. The molecule has 160 valence electrons. The van der Waals surface area contributed by atoms with Crippen LogP contribution in [-0.2, 0) is 12.0 Å². The molecule has 1 saturated heterocycles. The van der Waals surface area contributed by atoms with Crippen LogP contribution in [0.3, 0.4) is 0 Å². The van der Waals surface area contributed by atoms with Crippen LogP contribution >= 0.6 is 0 Å². The van der Waals surface area contributed by atoms with E-state index in [1.54, 1.807) is 0 Å². The lowest BCUT2D eigenvalue weighted by molar-refractivity contribution is -0.894. The maximum Gasteiger partial charge on any atom is 0.0962 e. The molecule has 2 aromatic rings. The normalized spacial score (nSPS) is 19.9. The average molecular weight is 508 g/mol. The molecule has 0 saturated carbocycles. The smallest absolute Gasteiger partial charge is 0.0962 e. The Bertz CT molecular complexity index is 725. The van der Waals surface area contributed by atoms with E-state index in [9.17, 15) is 5.11 Å². The second-order valence-corrected chi connectivity index (χ2v) is 9.42. The third kappa shape index (κ3) is 6.03. The molecule has 3 nitrogen and oxygen atoms in total. The van der Waals surface area contributed by atoms with E-state index in [-0.39, 0.29) is 35.8 Å². The van der Waals surface area contributed by atoms with E-state index in [1.165, 1.54) is 18.7 Å². The molecule has 1 aliphatic heterocycles. The summed E-state index contributed by atoms with van der Waals surface area (Å²) >= 11 is 0. The van der Waals surface area contributed by atoms with E-state index in [1.807, 2.05) is 18.2 Å². The number of piperazine rings is 1. The largest absolute Gasteiger partial charge is 1.00 e. The number of benzene rings is 2. The van der Waals surface area contributed by atoms with Gasteiger partial charge in [-0.3, -0.25) is 4.90 Å². The van der Waals surface area contributed by atoms with Crippen LogP contribution in [0.4, 0.5) is 0 Å². The van der Waals surface area contributed by atoms with Gasteiger partial charge in [-0.05, 0) is 23.5 Å². The number of hydrogen-bond donors (Lipinski definition) is 1. The van der Waals surface area contributed by atoms with E-state index in [0.29, 0.717) is 0 Å². The molecule has 0 radical (unpaired) electrons.